The first-order valence-corrected chi connectivity index (χ1v) is 10.3. The number of hydrogen-bond acceptors (Lipinski definition) is 5. The minimum atomic E-state index is -1.69. The lowest BCUT2D eigenvalue weighted by Crippen LogP contribution is -2.60. The Bertz CT molecular complexity index is 967. The molecule has 0 amide bonds. The van der Waals surface area contributed by atoms with E-state index in [0.717, 1.165) is 61.1 Å². The molecule has 3 aliphatic heterocycles. The van der Waals surface area contributed by atoms with Gasteiger partial charge < -0.3 is 19.1 Å². The molecule has 1 aromatic heterocycles. The van der Waals surface area contributed by atoms with E-state index in [2.05, 4.69) is 17.9 Å². The molecule has 1 fully saturated rings. The Morgan fingerprint density at radius 3 is 2.86 bits per heavy atom. The number of ether oxygens (including phenoxy) is 2. The Kier molecular flexibility index (Phi) is 3.84. The number of rotatable bonds is 3. The SMILES string of the molecule is CC[C@@]12CCCN3CCc4c(n(c5cc(OC)ccc45)[C@@](O)(C(=O)OC)C1)[C@@H]32. The Labute approximate surface area is 165 Å². The molecule has 6 nitrogen and oxygen atoms in total. The third kappa shape index (κ3) is 2.08. The van der Waals surface area contributed by atoms with Gasteiger partial charge in [0, 0.05) is 30.1 Å². The standard InChI is InChI=1S/C22H28N2O4/c1-4-21-9-5-10-23-11-8-16-15-7-6-14(27-2)12-17(15)24(18(16)19(21)23)22(26,13-21)20(25)28-3/h6-7,12,19,26H,4-5,8-11,13H2,1-3H3/t19-,21-,22+/m1/s1. The molecule has 6 heteroatoms. The molecule has 0 spiro atoms. The predicted octanol–water partition coefficient (Wildman–Crippen LogP) is 2.96. The lowest BCUT2D eigenvalue weighted by Gasteiger charge is -2.57. The highest BCUT2D eigenvalue weighted by molar-refractivity contribution is 5.91. The lowest BCUT2D eigenvalue weighted by molar-refractivity contribution is -0.194. The summed E-state index contributed by atoms with van der Waals surface area (Å²) in [6.07, 6.45) is 4.37. The topological polar surface area (TPSA) is 63.9 Å². The van der Waals surface area contributed by atoms with Crippen molar-refractivity contribution in [3.63, 3.8) is 0 Å². The molecule has 1 aromatic carbocycles. The van der Waals surface area contributed by atoms with Crippen LogP contribution in [-0.4, -0.2) is 47.9 Å². The lowest BCUT2D eigenvalue weighted by atomic mass is 9.62. The van der Waals surface area contributed by atoms with Gasteiger partial charge in [-0.15, -0.1) is 0 Å². The maximum absolute atomic E-state index is 13.0. The van der Waals surface area contributed by atoms with Crippen LogP contribution >= 0.6 is 0 Å². The zero-order valence-corrected chi connectivity index (χ0v) is 16.8. The summed E-state index contributed by atoms with van der Waals surface area (Å²) in [7, 11) is 2.99. The Balaban J connectivity index is 1.89. The molecule has 0 bridgehead atoms. The number of aromatic nitrogens is 1. The van der Waals surface area contributed by atoms with Crippen molar-refractivity contribution in [2.75, 3.05) is 27.3 Å². The fraction of sp³-hybridized carbons (Fsp3) is 0.591. The van der Waals surface area contributed by atoms with Crippen LogP contribution < -0.4 is 4.74 Å². The van der Waals surface area contributed by atoms with Crippen LogP contribution in [0.2, 0.25) is 0 Å². The molecule has 2 aromatic rings. The third-order valence-corrected chi connectivity index (χ3v) is 7.48. The number of piperidine rings is 1. The molecule has 0 saturated carbocycles. The highest BCUT2D eigenvalue weighted by Crippen LogP contribution is 2.60. The summed E-state index contributed by atoms with van der Waals surface area (Å²) in [5.74, 6) is 0.141. The van der Waals surface area contributed by atoms with Gasteiger partial charge in [-0.3, -0.25) is 4.90 Å². The molecule has 0 unspecified atom stereocenters. The molecule has 1 N–H and O–H groups in total. The second-order valence-corrected chi connectivity index (χ2v) is 8.58. The van der Waals surface area contributed by atoms with E-state index in [1.807, 2.05) is 16.7 Å². The monoisotopic (exact) mass is 384 g/mol. The second kappa shape index (κ2) is 5.97. The molecule has 0 aliphatic carbocycles. The number of methoxy groups -OCH3 is 2. The van der Waals surface area contributed by atoms with E-state index < -0.39 is 11.7 Å². The van der Waals surface area contributed by atoms with Crippen LogP contribution in [0, 0.1) is 5.41 Å². The molecule has 150 valence electrons. The van der Waals surface area contributed by atoms with Gasteiger partial charge in [0.2, 0.25) is 5.72 Å². The Morgan fingerprint density at radius 2 is 2.14 bits per heavy atom. The molecule has 3 atom stereocenters. The summed E-state index contributed by atoms with van der Waals surface area (Å²) >= 11 is 0. The van der Waals surface area contributed by atoms with Crippen LogP contribution in [0.4, 0.5) is 0 Å². The van der Waals surface area contributed by atoms with Crippen LogP contribution in [0.25, 0.3) is 10.9 Å². The van der Waals surface area contributed by atoms with Crippen LogP contribution in [0.3, 0.4) is 0 Å². The average Bonchev–Trinajstić information content (AvgIpc) is 3.07. The van der Waals surface area contributed by atoms with Crippen molar-refractivity contribution >= 4 is 16.9 Å². The van der Waals surface area contributed by atoms with E-state index in [0.29, 0.717) is 6.42 Å². The van der Waals surface area contributed by atoms with Crippen molar-refractivity contribution < 1.29 is 19.4 Å². The van der Waals surface area contributed by atoms with Gasteiger partial charge in [-0.1, -0.05) is 6.92 Å². The summed E-state index contributed by atoms with van der Waals surface area (Å²) in [5, 5.41) is 12.9. The second-order valence-electron chi connectivity index (χ2n) is 8.58. The van der Waals surface area contributed by atoms with Crippen molar-refractivity contribution in [2.24, 2.45) is 5.41 Å². The largest absolute Gasteiger partial charge is 0.497 e. The highest BCUT2D eigenvalue weighted by Gasteiger charge is 2.60. The molecule has 0 radical (unpaired) electrons. The van der Waals surface area contributed by atoms with Crippen LogP contribution in [0.15, 0.2) is 18.2 Å². The van der Waals surface area contributed by atoms with E-state index >= 15 is 0 Å². The molecule has 4 heterocycles. The number of carbonyl (C=O) groups is 1. The van der Waals surface area contributed by atoms with E-state index in [1.54, 1.807) is 7.11 Å². The molecular weight excluding hydrogens is 356 g/mol. The summed E-state index contributed by atoms with van der Waals surface area (Å²) < 4.78 is 12.4. The van der Waals surface area contributed by atoms with Crippen molar-refractivity contribution in [2.45, 2.75) is 50.8 Å². The quantitative estimate of drug-likeness (QED) is 0.825. The van der Waals surface area contributed by atoms with E-state index in [-0.39, 0.29) is 11.5 Å². The van der Waals surface area contributed by atoms with Gasteiger partial charge in [-0.05, 0) is 55.3 Å². The molecule has 3 aliphatic rings. The first kappa shape index (κ1) is 18.0. The summed E-state index contributed by atoms with van der Waals surface area (Å²) in [4.78, 5) is 15.5. The van der Waals surface area contributed by atoms with Gasteiger partial charge in [0.25, 0.3) is 0 Å². The molecule has 28 heavy (non-hydrogen) atoms. The van der Waals surface area contributed by atoms with Gasteiger partial charge in [0.15, 0.2) is 0 Å². The maximum atomic E-state index is 13.0. The van der Waals surface area contributed by atoms with E-state index in [4.69, 9.17) is 9.47 Å². The summed E-state index contributed by atoms with van der Waals surface area (Å²) in [6.45, 7) is 4.30. The average molecular weight is 384 g/mol. The van der Waals surface area contributed by atoms with Crippen LogP contribution in [-0.2, 0) is 21.7 Å². The fourth-order valence-electron chi connectivity index (χ4n) is 6.25. The van der Waals surface area contributed by atoms with Gasteiger partial charge in [-0.2, -0.15) is 0 Å². The minimum Gasteiger partial charge on any atom is -0.497 e. The zero-order valence-electron chi connectivity index (χ0n) is 16.8. The van der Waals surface area contributed by atoms with Gasteiger partial charge in [0.1, 0.15) is 5.75 Å². The number of esters is 1. The summed E-state index contributed by atoms with van der Waals surface area (Å²) in [5.41, 5.74) is 1.41. The van der Waals surface area contributed by atoms with Gasteiger partial charge in [-0.25, -0.2) is 4.79 Å². The Hall–Kier alpha value is -2.05. The normalized spacial score (nSPS) is 31.5. The Morgan fingerprint density at radius 1 is 1.32 bits per heavy atom. The minimum absolute atomic E-state index is 0.120. The van der Waals surface area contributed by atoms with Gasteiger partial charge >= 0.3 is 5.97 Å². The number of carbonyl (C=O) groups excluding carboxylic acids is 1. The molecular formula is C22H28N2O4. The van der Waals surface area contributed by atoms with E-state index in [1.165, 1.54) is 12.7 Å². The number of nitrogens with zero attached hydrogens (tertiary/aromatic N) is 2. The van der Waals surface area contributed by atoms with Crippen molar-refractivity contribution in [3.05, 3.63) is 29.5 Å². The van der Waals surface area contributed by atoms with Crippen LogP contribution in [0.1, 0.15) is 49.9 Å². The number of aliphatic hydroxyl groups is 1. The number of benzene rings is 1. The highest BCUT2D eigenvalue weighted by atomic mass is 16.5. The molecule has 5 rings (SSSR count). The van der Waals surface area contributed by atoms with Gasteiger partial charge in [0.05, 0.1) is 25.8 Å². The molecule has 1 saturated heterocycles. The number of hydrogen-bond donors (Lipinski definition) is 1. The summed E-state index contributed by atoms with van der Waals surface area (Å²) in [6, 6.07) is 6.20. The first-order valence-electron chi connectivity index (χ1n) is 10.3. The predicted molar refractivity (Wildman–Crippen MR) is 105 cm³/mol. The van der Waals surface area contributed by atoms with Crippen molar-refractivity contribution in [1.82, 2.24) is 9.47 Å². The van der Waals surface area contributed by atoms with Crippen molar-refractivity contribution in [1.29, 1.82) is 0 Å². The smallest absolute Gasteiger partial charge is 0.359 e. The fourth-order valence-corrected chi connectivity index (χ4v) is 6.25. The first-order chi connectivity index (χ1) is 13.5. The third-order valence-electron chi connectivity index (χ3n) is 7.48. The maximum Gasteiger partial charge on any atom is 0.359 e. The zero-order chi connectivity index (χ0) is 19.7. The van der Waals surface area contributed by atoms with Crippen LogP contribution in [0.5, 0.6) is 5.75 Å². The van der Waals surface area contributed by atoms with Crippen molar-refractivity contribution in [3.8, 4) is 5.75 Å². The number of fused-ring (bicyclic) bond motifs is 3. The van der Waals surface area contributed by atoms with E-state index in [9.17, 15) is 9.90 Å².